The quantitative estimate of drug-likeness (QED) is 0.425. The number of aromatic nitrogens is 2. The summed E-state index contributed by atoms with van der Waals surface area (Å²) >= 11 is 0. The predicted molar refractivity (Wildman–Crippen MR) is 113 cm³/mol. The molecule has 1 aliphatic rings. The van der Waals surface area contributed by atoms with Crippen LogP contribution in [0, 0.1) is 23.3 Å². The minimum Gasteiger partial charge on any atom is -0.494 e. The highest BCUT2D eigenvalue weighted by molar-refractivity contribution is 5.95. The van der Waals surface area contributed by atoms with E-state index in [1.807, 2.05) is 36.1 Å². The van der Waals surface area contributed by atoms with Crippen LogP contribution in [0.25, 0.3) is 11.3 Å². The lowest BCUT2D eigenvalue weighted by molar-refractivity contribution is 0.0733. The number of amides is 1. The summed E-state index contributed by atoms with van der Waals surface area (Å²) in [6, 6.07) is 9.30. The van der Waals surface area contributed by atoms with E-state index in [-0.39, 0.29) is 32.2 Å². The molecule has 3 aromatic rings. The summed E-state index contributed by atoms with van der Waals surface area (Å²) in [6.45, 7) is 3.18. The maximum Gasteiger partial charge on any atom is 0.260 e. The van der Waals surface area contributed by atoms with Crippen molar-refractivity contribution in [2.45, 2.75) is 6.92 Å². The van der Waals surface area contributed by atoms with Gasteiger partial charge in [0, 0.05) is 44.0 Å². The second kappa shape index (κ2) is 9.43. The Morgan fingerprint density at radius 3 is 2.21 bits per heavy atom. The van der Waals surface area contributed by atoms with Crippen molar-refractivity contribution in [3.05, 3.63) is 71.4 Å². The fraction of sp³-hybridized carbons (Fsp3) is 0.261. The molecule has 33 heavy (non-hydrogen) atoms. The van der Waals surface area contributed by atoms with Crippen molar-refractivity contribution in [2.75, 3.05) is 37.7 Å². The Kier molecular flexibility index (Phi) is 6.43. The molecule has 1 amide bonds. The Morgan fingerprint density at radius 2 is 1.61 bits per heavy atom. The van der Waals surface area contributed by atoms with Gasteiger partial charge in [0.15, 0.2) is 23.3 Å². The van der Waals surface area contributed by atoms with Gasteiger partial charge in [-0.2, -0.15) is 0 Å². The Balaban J connectivity index is 1.46. The highest BCUT2D eigenvalue weighted by Crippen LogP contribution is 2.24. The van der Waals surface area contributed by atoms with E-state index < -0.39 is 34.7 Å². The van der Waals surface area contributed by atoms with Crippen LogP contribution in [0.3, 0.4) is 0 Å². The number of hydrogen-bond acceptors (Lipinski definition) is 5. The minimum absolute atomic E-state index is 0.0759. The molecule has 0 unspecified atom stereocenters. The Labute approximate surface area is 187 Å². The summed E-state index contributed by atoms with van der Waals surface area (Å²) < 4.78 is 60.4. The van der Waals surface area contributed by atoms with Gasteiger partial charge in [0.2, 0.25) is 5.95 Å². The second-order valence-corrected chi connectivity index (χ2v) is 7.32. The first kappa shape index (κ1) is 22.5. The van der Waals surface area contributed by atoms with Crippen LogP contribution >= 0.6 is 0 Å². The molecule has 0 bridgehead atoms. The molecule has 1 saturated heterocycles. The third kappa shape index (κ3) is 4.59. The van der Waals surface area contributed by atoms with Crippen molar-refractivity contribution in [2.24, 2.45) is 0 Å². The van der Waals surface area contributed by atoms with Crippen LogP contribution < -0.4 is 9.64 Å². The van der Waals surface area contributed by atoms with Crippen molar-refractivity contribution >= 4 is 11.9 Å². The van der Waals surface area contributed by atoms with E-state index in [1.54, 1.807) is 12.3 Å². The third-order valence-corrected chi connectivity index (χ3v) is 5.28. The van der Waals surface area contributed by atoms with Crippen LogP contribution in [0.5, 0.6) is 5.75 Å². The summed E-state index contributed by atoms with van der Waals surface area (Å²) in [5.41, 5.74) is 0.339. The van der Waals surface area contributed by atoms with E-state index in [2.05, 4.69) is 9.97 Å². The van der Waals surface area contributed by atoms with Crippen LogP contribution in [-0.4, -0.2) is 53.6 Å². The molecule has 1 fully saturated rings. The summed E-state index contributed by atoms with van der Waals surface area (Å²) in [5.74, 6) is -6.55. The van der Waals surface area contributed by atoms with Crippen molar-refractivity contribution < 1.29 is 27.1 Å². The number of benzene rings is 2. The minimum atomic E-state index is -1.70. The number of hydrogen-bond donors (Lipinski definition) is 0. The molecule has 1 aliphatic heterocycles. The van der Waals surface area contributed by atoms with Gasteiger partial charge >= 0.3 is 0 Å². The maximum atomic E-state index is 14.0. The number of carbonyl (C=O) groups excluding carboxylic acids is 1. The molecule has 172 valence electrons. The van der Waals surface area contributed by atoms with Gasteiger partial charge in [-0.15, -0.1) is 0 Å². The summed E-state index contributed by atoms with van der Waals surface area (Å²) in [7, 11) is 0. The normalized spacial score (nSPS) is 13.8. The molecule has 2 heterocycles. The van der Waals surface area contributed by atoms with Gasteiger partial charge in [0.25, 0.3) is 5.91 Å². The van der Waals surface area contributed by atoms with Gasteiger partial charge in [0.05, 0.1) is 12.3 Å². The van der Waals surface area contributed by atoms with Gasteiger partial charge < -0.3 is 14.5 Å². The number of rotatable bonds is 5. The van der Waals surface area contributed by atoms with E-state index in [1.165, 1.54) is 0 Å². The summed E-state index contributed by atoms with van der Waals surface area (Å²) in [4.78, 5) is 24.4. The molecule has 2 aromatic carbocycles. The molecule has 6 nitrogen and oxygen atoms in total. The average Bonchev–Trinajstić information content (AvgIpc) is 2.84. The molecule has 0 saturated carbocycles. The van der Waals surface area contributed by atoms with Gasteiger partial charge in [-0.1, -0.05) is 0 Å². The third-order valence-electron chi connectivity index (χ3n) is 5.28. The van der Waals surface area contributed by atoms with E-state index >= 15 is 0 Å². The van der Waals surface area contributed by atoms with E-state index in [0.29, 0.717) is 18.2 Å². The lowest BCUT2D eigenvalue weighted by Gasteiger charge is -2.35. The number of piperazine rings is 1. The molecule has 1 aromatic heterocycles. The van der Waals surface area contributed by atoms with E-state index in [4.69, 9.17) is 4.74 Å². The zero-order valence-electron chi connectivity index (χ0n) is 17.7. The highest BCUT2D eigenvalue weighted by Gasteiger charge is 2.30. The number of nitrogens with zero attached hydrogens (tertiary/aromatic N) is 4. The molecule has 10 heteroatoms. The SMILES string of the molecule is CCOc1ccc(-c2ccnc(N3CCN(C(=O)c4c(F)c(F)cc(F)c4F)CC3)n2)cc1. The maximum absolute atomic E-state index is 14.0. The van der Waals surface area contributed by atoms with Crippen LogP contribution in [0.1, 0.15) is 17.3 Å². The summed E-state index contributed by atoms with van der Waals surface area (Å²) in [5, 5.41) is 0. The van der Waals surface area contributed by atoms with Crippen LogP contribution in [0.15, 0.2) is 42.6 Å². The fourth-order valence-corrected chi connectivity index (χ4v) is 3.58. The first-order valence-corrected chi connectivity index (χ1v) is 10.3. The molecule has 0 spiro atoms. The Bertz CT molecular complexity index is 1140. The van der Waals surface area contributed by atoms with Crippen LogP contribution in [0.4, 0.5) is 23.5 Å². The first-order valence-electron chi connectivity index (χ1n) is 10.3. The first-order chi connectivity index (χ1) is 15.9. The Morgan fingerprint density at radius 1 is 0.970 bits per heavy atom. The zero-order valence-corrected chi connectivity index (χ0v) is 17.7. The zero-order chi connectivity index (χ0) is 23.5. The molecule has 0 aliphatic carbocycles. The fourth-order valence-electron chi connectivity index (χ4n) is 3.58. The van der Waals surface area contributed by atoms with Gasteiger partial charge in [0.1, 0.15) is 11.3 Å². The second-order valence-electron chi connectivity index (χ2n) is 7.32. The Hall–Kier alpha value is -3.69. The molecule has 0 atom stereocenters. The monoisotopic (exact) mass is 460 g/mol. The van der Waals surface area contributed by atoms with Gasteiger partial charge in [-0.3, -0.25) is 4.79 Å². The number of ether oxygens (including phenoxy) is 1. The molecule has 0 N–H and O–H groups in total. The highest BCUT2D eigenvalue weighted by atomic mass is 19.2. The lowest BCUT2D eigenvalue weighted by atomic mass is 10.1. The largest absolute Gasteiger partial charge is 0.494 e. The topological polar surface area (TPSA) is 58.6 Å². The van der Waals surface area contributed by atoms with E-state index in [9.17, 15) is 22.4 Å². The number of halogens is 4. The number of carbonyl (C=O) groups is 1. The van der Waals surface area contributed by atoms with Gasteiger partial charge in [-0.25, -0.2) is 27.5 Å². The van der Waals surface area contributed by atoms with E-state index in [0.717, 1.165) is 16.2 Å². The molecule has 0 radical (unpaired) electrons. The van der Waals surface area contributed by atoms with Crippen molar-refractivity contribution in [1.82, 2.24) is 14.9 Å². The summed E-state index contributed by atoms with van der Waals surface area (Å²) in [6.07, 6.45) is 1.62. The van der Waals surface area contributed by atoms with Crippen LogP contribution in [0.2, 0.25) is 0 Å². The smallest absolute Gasteiger partial charge is 0.260 e. The van der Waals surface area contributed by atoms with Gasteiger partial charge in [-0.05, 0) is 37.3 Å². The number of anilines is 1. The van der Waals surface area contributed by atoms with Crippen molar-refractivity contribution in [3.63, 3.8) is 0 Å². The van der Waals surface area contributed by atoms with Crippen molar-refractivity contribution in [1.29, 1.82) is 0 Å². The van der Waals surface area contributed by atoms with Crippen molar-refractivity contribution in [3.8, 4) is 17.0 Å². The molecular weight excluding hydrogens is 440 g/mol. The standard InChI is InChI=1S/C23H20F4N4O2/c1-2-33-15-5-3-14(4-6-15)18-7-8-28-23(29-18)31-11-9-30(10-12-31)22(32)19-20(26)16(24)13-17(25)21(19)27/h3-8,13H,2,9-12H2,1H3. The average molecular weight is 460 g/mol. The lowest BCUT2D eigenvalue weighted by Crippen LogP contribution is -2.49. The predicted octanol–water partition coefficient (Wildman–Crippen LogP) is 4.06. The molecular formula is C23H20F4N4O2. The molecule has 4 rings (SSSR count). The van der Waals surface area contributed by atoms with Crippen LogP contribution in [-0.2, 0) is 0 Å².